The van der Waals surface area contributed by atoms with Crippen LogP contribution in [0, 0.1) is 6.92 Å². The highest BCUT2D eigenvalue weighted by Crippen LogP contribution is 2.14. The lowest BCUT2D eigenvalue weighted by Crippen LogP contribution is -2.05. The number of nitrogens with zero attached hydrogens (tertiary/aromatic N) is 2. The van der Waals surface area contributed by atoms with Gasteiger partial charge in [-0.15, -0.1) is 0 Å². The Bertz CT molecular complexity index is 744. The highest BCUT2D eigenvalue weighted by atomic mass is 16.1. The third-order valence-corrected chi connectivity index (χ3v) is 3.23. The van der Waals surface area contributed by atoms with Crippen molar-refractivity contribution in [2.45, 2.75) is 6.92 Å². The molecule has 0 N–H and O–H groups in total. The summed E-state index contributed by atoms with van der Waals surface area (Å²) in [5, 5.41) is 4.37. The summed E-state index contributed by atoms with van der Waals surface area (Å²) in [6, 6.07) is 19.1. The number of hydrogen-bond donors (Lipinski definition) is 0. The molecule has 3 aromatic rings. The lowest BCUT2D eigenvalue weighted by molar-refractivity contribution is 0.103. The van der Waals surface area contributed by atoms with E-state index in [2.05, 4.69) is 5.10 Å². The van der Waals surface area contributed by atoms with Crippen molar-refractivity contribution in [2.75, 3.05) is 0 Å². The van der Waals surface area contributed by atoms with Gasteiger partial charge in [0.2, 0.25) is 5.78 Å². The average Bonchev–Trinajstić information content (AvgIpc) is 2.98. The minimum absolute atomic E-state index is 0.0437. The van der Waals surface area contributed by atoms with Crippen LogP contribution in [0.15, 0.2) is 66.9 Å². The summed E-state index contributed by atoms with van der Waals surface area (Å²) < 4.78 is 1.71. The maximum Gasteiger partial charge on any atom is 0.213 e. The van der Waals surface area contributed by atoms with Crippen LogP contribution in [0.1, 0.15) is 21.6 Å². The Morgan fingerprint density at radius 3 is 2.40 bits per heavy atom. The van der Waals surface area contributed by atoms with Gasteiger partial charge in [-0.2, -0.15) is 5.10 Å². The highest BCUT2D eigenvalue weighted by molar-refractivity contribution is 6.08. The molecule has 3 heteroatoms. The van der Waals surface area contributed by atoms with Crippen molar-refractivity contribution in [1.82, 2.24) is 9.78 Å². The van der Waals surface area contributed by atoms with Gasteiger partial charge in [-0.25, -0.2) is 4.68 Å². The van der Waals surface area contributed by atoms with Gasteiger partial charge in [-0.1, -0.05) is 42.5 Å². The second kappa shape index (κ2) is 5.13. The molecule has 0 unspecified atom stereocenters. The molecular formula is C17H14N2O. The van der Waals surface area contributed by atoms with E-state index in [1.165, 1.54) is 0 Å². The maximum absolute atomic E-state index is 12.4. The summed E-state index contributed by atoms with van der Waals surface area (Å²) in [6.45, 7) is 1.93. The maximum atomic E-state index is 12.4. The molecule has 0 aliphatic carbocycles. The van der Waals surface area contributed by atoms with E-state index in [1.54, 1.807) is 16.9 Å². The third-order valence-electron chi connectivity index (χ3n) is 3.23. The van der Waals surface area contributed by atoms with Gasteiger partial charge in [0.1, 0.15) is 5.69 Å². The summed E-state index contributed by atoms with van der Waals surface area (Å²) in [7, 11) is 0. The average molecular weight is 262 g/mol. The Morgan fingerprint density at radius 1 is 0.950 bits per heavy atom. The smallest absolute Gasteiger partial charge is 0.213 e. The molecule has 0 fully saturated rings. The SMILES string of the molecule is Cc1ccccc1C(=O)c1ccn(-c2ccccc2)n1. The summed E-state index contributed by atoms with van der Waals surface area (Å²) in [5.41, 5.74) is 3.07. The van der Waals surface area contributed by atoms with Gasteiger partial charge in [0.05, 0.1) is 5.69 Å². The number of hydrogen-bond acceptors (Lipinski definition) is 2. The van der Waals surface area contributed by atoms with Crippen molar-refractivity contribution in [3.63, 3.8) is 0 Å². The molecule has 1 aromatic heterocycles. The molecule has 20 heavy (non-hydrogen) atoms. The first-order valence-corrected chi connectivity index (χ1v) is 6.47. The van der Waals surface area contributed by atoms with Crippen molar-refractivity contribution in [2.24, 2.45) is 0 Å². The number of aromatic nitrogens is 2. The summed E-state index contributed by atoms with van der Waals surface area (Å²) in [6.07, 6.45) is 1.81. The van der Waals surface area contributed by atoms with E-state index in [9.17, 15) is 4.79 Å². The quantitative estimate of drug-likeness (QED) is 0.678. The molecule has 3 rings (SSSR count). The predicted molar refractivity (Wildman–Crippen MR) is 78.2 cm³/mol. The van der Waals surface area contributed by atoms with Crippen LogP contribution in [0.25, 0.3) is 5.69 Å². The van der Waals surface area contributed by atoms with E-state index in [-0.39, 0.29) is 5.78 Å². The fourth-order valence-electron chi connectivity index (χ4n) is 2.14. The van der Waals surface area contributed by atoms with Gasteiger partial charge in [0.15, 0.2) is 0 Å². The zero-order valence-electron chi connectivity index (χ0n) is 11.2. The molecule has 2 aromatic carbocycles. The lowest BCUT2D eigenvalue weighted by Gasteiger charge is -2.02. The minimum Gasteiger partial charge on any atom is -0.287 e. The Kier molecular flexibility index (Phi) is 3.17. The second-order valence-corrected chi connectivity index (χ2v) is 4.63. The van der Waals surface area contributed by atoms with Crippen LogP contribution >= 0.6 is 0 Å². The first-order valence-electron chi connectivity index (χ1n) is 6.47. The third kappa shape index (κ3) is 2.26. The second-order valence-electron chi connectivity index (χ2n) is 4.63. The minimum atomic E-state index is -0.0437. The molecule has 0 bridgehead atoms. The van der Waals surface area contributed by atoms with Crippen LogP contribution in [0.2, 0.25) is 0 Å². The van der Waals surface area contributed by atoms with Gasteiger partial charge in [-0.05, 0) is 30.7 Å². The number of ketones is 1. The summed E-state index contributed by atoms with van der Waals surface area (Å²) in [5.74, 6) is -0.0437. The van der Waals surface area contributed by atoms with Crippen LogP contribution in [0.3, 0.4) is 0 Å². The highest BCUT2D eigenvalue weighted by Gasteiger charge is 2.14. The lowest BCUT2D eigenvalue weighted by atomic mass is 10.0. The molecule has 0 saturated heterocycles. The molecule has 0 atom stereocenters. The Hall–Kier alpha value is -2.68. The van der Waals surface area contributed by atoms with Gasteiger partial charge >= 0.3 is 0 Å². The van der Waals surface area contributed by atoms with E-state index in [1.807, 2.05) is 61.5 Å². The summed E-state index contributed by atoms with van der Waals surface area (Å²) in [4.78, 5) is 12.4. The normalized spacial score (nSPS) is 10.4. The molecule has 0 aliphatic rings. The van der Waals surface area contributed by atoms with E-state index in [0.29, 0.717) is 11.3 Å². The Morgan fingerprint density at radius 2 is 1.65 bits per heavy atom. The first-order chi connectivity index (χ1) is 9.75. The number of carbonyl (C=O) groups excluding carboxylic acids is 1. The molecule has 98 valence electrons. The molecule has 0 saturated carbocycles. The number of carbonyl (C=O) groups is 1. The van der Waals surface area contributed by atoms with Crippen molar-refractivity contribution >= 4 is 5.78 Å². The van der Waals surface area contributed by atoms with Gasteiger partial charge in [0, 0.05) is 11.8 Å². The topological polar surface area (TPSA) is 34.9 Å². The fourth-order valence-corrected chi connectivity index (χ4v) is 2.14. The van der Waals surface area contributed by atoms with Crippen LogP contribution < -0.4 is 0 Å². The zero-order chi connectivity index (χ0) is 13.9. The Balaban J connectivity index is 1.95. The Labute approximate surface area is 117 Å². The number of para-hydroxylation sites is 1. The van der Waals surface area contributed by atoms with E-state index in [0.717, 1.165) is 11.3 Å². The zero-order valence-corrected chi connectivity index (χ0v) is 11.2. The van der Waals surface area contributed by atoms with Gasteiger partial charge in [0.25, 0.3) is 0 Å². The molecule has 0 amide bonds. The number of rotatable bonds is 3. The van der Waals surface area contributed by atoms with Crippen LogP contribution in [0.5, 0.6) is 0 Å². The first kappa shape index (κ1) is 12.4. The van der Waals surface area contributed by atoms with Crippen molar-refractivity contribution < 1.29 is 4.79 Å². The molecule has 0 aliphatic heterocycles. The number of aryl methyl sites for hydroxylation is 1. The van der Waals surface area contributed by atoms with Crippen molar-refractivity contribution in [3.8, 4) is 5.69 Å². The largest absolute Gasteiger partial charge is 0.287 e. The van der Waals surface area contributed by atoms with Gasteiger partial charge < -0.3 is 0 Å². The predicted octanol–water partition coefficient (Wildman–Crippen LogP) is 3.41. The monoisotopic (exact) mass is 262 g/mol. The van der Waals surface area contributed by atoms with Crippen LogP contribution in [-0.4, -0.2) is 15.6 Å². The molecule has 3 nitrogen and oxygen atoms in total. The van der Waals surface area contributed by atoms with E-state index >= 15 is 0 Å². The standard InChI is InChI=1S/C17H14N2O/c1-13-7-5-6-10-15(13)17(20)16-11-12-19(18-16)14-8-3-2-4-9-14/h2-12H,1H3. The molecule has 1 heterocycles. The molecule has 0 spiro atoms. The van der Waals surface area contributed by atoms with Crippen molar-refractivity contribution in [1.29, 1.82) is 0 Å². The van der Waals surface area contributed by atoms with Crippen molar-refractivity contribution in [3.05, 3.63) is 83.7 Å². The van der Waals surface area contributed by atoms with Crippen LogP contribution in [-0.2, 0) is 0 Å². The van der Waals surface area contributed by atoms with E-state index < -0.39 is 0 Å². The van der Waals surface area contributed by atoms with Gasteiger partial charge in [-0.3, -0.25) is 4.79 Å². The fraction of sp³-hybridized carbons (Fsp3) is 0.0588. The molecule has 0 radical (unpaired) electrons. The summed E-state index contributed by atoms with van der Waals surface area (Å²) >= 11 is 0. The number of benzene rings is 2. The van der Waals surface area contributed by atoms with Crippen LogP contribution in [0.4, 0.5) is 0 Å². The van der Waals surface area contributed by atoms with E-state index in [4.69, 9.17) is 0 Å². The molecular weight excluding hydrogens is 248 g/mol.